The van der Waals surface area contributed by atoms with Crippen LogP contribution < -0.4 is 5.32 Å². The molecule has 0 bridgehead atoms. The van der Waals surface area contributed by atoms with Crippen LogP contribution in [0.25, 0.3) is 0 Å². The van der Waals surface area contributed by atoms with Gasteiger partial charge in [0.2, 0.25) is 5.92 Å². The lowest BCUT2D eigenvalue weighted by Crippen LogP contribution is -2.36. The molecule has 1 N–H and O–H groups in total. The second-order valence-corrected chi connectivity index (χ2v) is 6.03. The SMILES string of the molecule is O=C(Nc1ccc(Cn2cccn2)cc1)N1CCCC(F)(F)CC1. The summed E-state index contributed by atoms with van der Waals surface area (Å²) in [6.45, 7) is 1.09. The molecule has 0 unspecified atom stereocenters. The van der Waals surface area contributed by atoms with Gasteiger partial charge < -0.3 is 10.2 Å². The number of hydrogen-bond acceptors (Lipinski definition) is 2. The molecular weight excluding hydrogens is 314 g/mol. The van der Waals surface area contributed by atoms with E-state index in [0.29, 0.717) is 25.2 Å². The van der Waals surface area contributed by atoms with Gasteiger partial charge in [0.25, 0.3) is 0 Å². The molecule has 1 aliphatic heterocycles. The van der Waals surface area contributed by atoms with Gasteiger partial charge >= 0.3 is 6.03 Å². The molecule has 0 saturated carbocycles. The molecule has 0 spiro atoms. The largest absolute Gasteiger partial charge is 0.324 e. The van der Waals surface area contributed by atoms with E-state index in [1.54, 1.807) is 6.20 Å². The van der Waals surface area contributed by atoms with Gasteiger partial charge in [0.15, 0.2) is 0 Å². The minimum atomic E-state index is -2.66. The first-order chi connectivity index (χ1) is 11.5. The summed E-state index contributed by atoms with van der Waals surface area (Å²) in [7, 11) is 0. The number of nitrogens with one attached hydrogen (secondary N) is 1. The van der Waals surface area contributed by atoms with Crippen molar-refractivity contribution in [2.75, 3.05) is 18.4 Å². The Kier molecular flexibility index (Phi) is 4.78. The summed E-state index contributed by atoms with van der Waals surface area (Å²) < 4.78 is 28.5. The number of aromatic nitrogens is 2. The zero-order chi connectivity index (χ0) is 17.0. The first-order valence-electron chi connectivity index (χ1n) is 8.02. The number of carbonyl (C=O) groups is 1. The molecule has 1 fully saturated rings. The highest BCUT2D eigenvalue weighted by molar-refractivity contribution is 5.89. The Morgan fingerprint density at radius 2 is 2.00 bits per heavy atom. The standard InChI is InChI=1S/C17H20F2N4O/c18-17(19)7-1-10-22(12-8-17)16(24)21-15-5-3-14(4-6-15)13-23-11-2-9-20-23/h2-6,9,11H,1,7-8,10,12-13H2,(H,21,24). The molecule has 1 aliphatic rings. The minimum Gasteiger partial charge on any atom is -0.324 e. The fourth-order valence-corrected chi connectivity index (χ4v) is 2.74. The van der Waals surface area contributed by atoms with E-state index in [2.05, 4.69) is 10.4 Å². The van der Waals surface area contributed by atoms with E-state index < -0.39 is 5.92 Å². The molecule has 128 valence electrons. The molecular formula is C17H20F2N4O. The van der Waals surface area contributed by atoms with Crippen LogP contribution in [0.15, 0.2) is 42.7 Å². The molecule has 2 aromatic rings. The first-order valence-corrected chi connectivity index (χ1v) is 8.02. The predicted octanol–water partition coefficient (Wildman–Crippen LogP) is 3.58. The summed E-state index contributed by atoms with van der Waals surface area (Å²) in [6.07, 6.45) is 3.50. The number of rotatable bonds is 3. The molecule has 2 amide bonds. The molecule has 2 heterocycles. The topological polar surface area (TPSA) is 50.2 Å². The third kappa shape index (κ3) is 4.31. The van der Waals surface area contributed by atoms with Crippen molar-refractivity contribution < 1.29 is 13.6 Å². The first kappa shape index (κ1) is 16.4. The summed E-state index contributed by atoms with van der Waals surface area (Å²) in [4.78, 5) is 13.7. The normalized spacial score (nSPS) is 17.3. The van der Waals surface area contributed by atoms with Gasteiger partial charge in [-0.1, -0.05) is 12.1 Å². The Balaban J connectivity index is 1.56. The van der Waals surface area contributed by atoms with Crippen LogP contribution in [0.2, 0.25) is 0 Å². The molecule has 0 radical (unpaired) electrons. The van der Waals surface area contributed by atoms with E-state index in [0.717, 1.165) is 5.56 Å². The highest BCUT2D eigenvalue weighted by Crippen LogP contribution is 2.28. The molecule has 5 nitrogen and oxygen atoms in total. The van der Waals surface area contributed by atoms with Crippen LogP contribution in [0.3, 0.4) is 0 Å². The van der Waals surface area contributed by atoms with Crippen LogP contribution >= 0.6 is 0 Å². The number of benzene rings is 1. The number of carbonyl (C=O) groups excluding carboxylic acids is 1. The van der Waals surface area contributed by atoms with Crippen molar-refractivity contribution >= 4 is 11.7 Å². The minimum absolute atomic E-state index is 0.0796. The van der Waals surface area contributed by atoms with Gasteiger partial charge in [-0.3, -0.25) is 4.68 Å². The van der Waals surface area contributed by atoms with Crippen molar-refractivity contribution in [3.63, 3.8) is 0 Å². The van der Waals surface area contributed by atoms with Crippen LogP contribution in [0, 0.1) is 0 Å². The van der Waals surface area contributed by atoms with Gasteiger partial charge in [0, 0.05) is 44.0 Å². The Morgan fingerprint density at radius 1 is 1.21 bits per heavy atom. The lowest BCUT2D eigenvalue weighted by molar-refractivity contribution is -0.0121. The highest BCUT2D eigenvalue weighted by atomic mass is 19.3. The maximum atomic E-state index is 13.4. The van der Waals surface area contributed by atoms with Crippen molar-refractivity contribution in [3.8, 4) is 0 Å². The van der Waals surface area contributed by atoms with Gasteiger partial charge in [-0.05, 0) is 30.2 Å². The fraction of sp³-hybridized carbons (Fsp3) is 0.412. The zero-order valence-corrected chi connectivity index (χ0v) is 13.3. The van der Waals surface area contributed by atoms with Crippen LogP contribution in [-0.4, -0.2) is 39.7 Å². The van der Waals surface area contributed by atoms with Crippen LogP contribution in [-0.2, 0) is 6.54 Å². The zero-order valence-electron chi connectivity index (χ0n) is 13.3. The van der Waals surface area contributed by atoms with E-state index in [-0.39, 0.29) is 25.4 Å². The predicted molar refractivity (Wildman–Crippen MR) is 87.2 cm³/mol. The quantitative estimate of drug-likeness (QED) is 0.933. The molecule has 1 saturated heterocycles. The van der Waals surface area contributed by atoms with Gasteiger partial charge in [-0.25, -0.2) is 13.6 Å². The molecule has 1 aromatic heterocycles. The van der Waals surface area contributed by atoms with E-state index in [9.17, 15) is 13.6 Å². The van der Waals surface area contributed by atoms with Crippen molar-refractivity contribution in [2.24, 2.45) is 0 Å². The lowest BCUT2D eigenvalue weighted by atomic mass is 10.1. The van der Waals surface area contributed by atoms with Crippen LogP contribution in [0.1, 0.15) is 24.8 Å². The Labute approximate surface area is 139 Å². The lowest BCUT2D eigenvalue weighted by Gasteiger charge is -2.21. The summed E-state index contributed by atoms with van der Waals surface area (Å²) in [5.41, 5.74) is 1.71. The Bertz CT molecular complexity index is 670. The summed E-state index contributed by atoms with van der Waals surface area (Å²) in [6, 6.07) is 8.97. The number of alkyl halides is 2. The number of amides is 2. The summed E-state index contributed by atoms with van der Waals surface area (Å²) in [5, 5.41) is 6.92. The van der Waals surface area contributed by atoms with E-state index >= 15 is 0 Å². The van der Waals surface area contributed by atoms with Gasteiger partial charge in [0.05, 0.1) is 6.54 Å². The molecule has 7 heteroatoms. The molecule has 3 rings (SSSR count). The second kappa shape index (κ2) is 6.98. The van der Waals surface area contributed by atoms with Gasteiger partial charge in [-0.2, -0.15) is 5.10 Å². The van der Waals surface area contributed by atoms with Crippen molar-refractivity contribution in [3.05, 3.63) is 48.3 Å². The van der Waals surface area contributed by atoms with Crippen molar-refractivity contribution in [1.29, 1.82) is 0 Å². The van der Waals surface area contributed by atoms with Crippen molar-refractivity contribution in [1.82, 2.24) is 14.7 Å². The Morgan fingerprint density at radius 3 is 2.71 bits per heavy atom. The third-order valence-corrected chi connectivity index (χ3v) is 4.11. The second-order valence-electron chi connectivity index (χ2n) is 6.03. The van der Waals surface area contributed by atoms with E-state index in [1.807, 2.05) is 41.2 Å². The number of likely N-dealkylation sites (tertiary alicyclic amines) is 1. The molecule has 0 aliphatic carbocycles. The van der Waals surface area contributed by atoms with Crippen LogP contribution in [0.4, 0.5) is 19.3 Å². The average Bonchev–Trinajstić information content (AvgIpc) is 2.98. The van der Waals surface area contributed by atoms with Crippen molar-refractivity contribution in [2.45, 2.75) is 31.7 Å². The maximum absolute atomic E-state index is 13.4. The summed E-state index contributed by atoms with van der Waals surface area (Å²) >= 11 is 0. The maximum Gasteiger partial charge on any atom is 0.321 e. The van der Waals surface area contributed by atoms with Crippen LogP contribution in [0.5, 0.6) is 0 Å². The number of anilines is 1. The van der Waals surface area contributed by atoms with Gasteiger partial charge in [-0.15, -0.1) is 0 Å². The fourth-order valence-electron chi connectivity index (χ4n) is 2.74. The van der Waals surface area contributed by atoms with E-state index in [1.165, 1.54) is 4.90 Å². The number of urea groups is 1. The number of halogens is 2. The molecule has 1 aromatic carbocycles. The van der Waals surface area contributed by atoms with E-state index in [4.69, 9.17) is 0 Å². The summed E-state index contributed by atoms with van der Waals surface area (Å²) in [5.74, 6) is -2.66. The van der Waals surface area contributed by atoms with Gasteiger partial charge in [0.1, 0.15) is 0 Å². The highest BCUT2D eigenvalue weighted by Gasteiger charge is 2.32. The molecule has 24 heavy (non-hydrogen) atoms. The monoisotopic (exact) mass is 334 g/mol. The number of nitrogens with zero attached hydrogens (tertiary/aromatic N) is 3. The average molecular weight is 334 g/mol. The molecule has 0 atom stereocenters. The number of hydrogen-bond donors (Lipinski definition) is 1. The third-order valence-electron chi connectivity index (χ3n) is 4.11. The Hall–Kier alpha value is -2.44. The smallest absolute Gasteiger partial charge is 0.321 e.